The molecule has 5 nitrogen and oxygen atoms in total. The lowest BCUT2D eigenvalue weighted by Crippen LogP contribution is -2.19. The summed E-state index contributed by atoms with van der Waals surface area (Å²) in [6.45, 7) is 0. The second-order valence-electron chi connectivity index (χ2n) is 5.75. The van der Waals surface area contributed by atoms with Crippen molar-refractivity contribution < 1.29 is 14.3 Å². The summed E-state index contributed by atoms with van der Waals surface area (Å²) in [6, 6.07) is 15.1. The smallest absolute Gasteiger partial charge is 0.331 e. The number of methoxy groups -OCH3 is 1. The first kappa shape index (κ1) is 17.8. The van der Waals surface area contributed by atoms with Gasteiger partial charge in [0.05, 0.1) is 22.4 Å². The minimum atomic E-state index is -0.410. The summed E-state index contributed by atoms with van der Waals surface area (Å²) in [5.74, 6) is 1.91. The van der Waals surface area contributed by atoms with Crippen LogP contribution in [0.2, 0.25) is 0 Å². The largest absolute Gasteiger partial charge is 0.467 e. The summed E-state index contributed by atoms with van der Waals surface area (Å²) in [5, 5.41) is 1.70. The molecule has 1 aliphatic rings. The summed E-state index contributed by atoms with van der Waals surface area (Å²) in [6.07, 6.45) is 3.82. The third kappa shape index (κ3) is 4.20. The topological polar surface area (TPSA) is 60.8 Å². The van der Waals surface area contributed by atoms with Gasteiger partial charge in [-0.05, 0) is 36.4 Å². The van der Waals surface area contributed by atoms with Gasteiger partial charge < -0.3 is 9.47 Å². The van der Waals surface area contributed by atoms with Crippen LogP contribution < -0.4 is 4.74 Å². The highest BCUT2D eigenvalue weighted by atomic mass is 32.2. The summed E-state index contributed by atoms with van der Waals surface area (Å²) >= 11 is 3.13. The number of aliphatic imine (C=N–C) groups is 1. The number of carbonyl (C=O) groups excluding carboxylic acids is 1. The molecule has 2 aromatic carbocycles. The van der Waals surface area contributed by atoms with Crippen LogP contribution in [0.25, 0.3) is 16.3 Å². The van der Waals surface area contributed by atoms with Gasteiger partial charge >= 0.3 is 5.97 Å². The maximum absolute atomic E-state index is 11.5. The molecular weight excluding hydrogens is 380 g/mol. The zero-order valence-electron chi connectivity index (χ0n) is 14.5. The molecule has 2 heterocycles. The first-order valence-corrected chi connectivity index (χ1v) is 10.1. The summed E-state index contributed by atoms with van der Waals surface area (Å²) in [7, 11) is 1.38. The van der Waals surface area contributed by atoms with Crippen molar-refractivity contribution in [2.24, 2.45) is 4.99 Å². The summed E-state index contributed by atoms with van der Waals surface area (Å²) in [4.78, 5) is 20.5. The van der Waals surface area contributed by atoms with Crippen molar-refractivity contribution in [1.29, 1.82) is 0 Å². The zero-order chi connectivity index (χ0) is 18.6. The minimum Gasteiger partial charge on any atom is -0.467 e. The average Bonchev–Trinajstić information content (AvgIpc) is 3.33. The molecule has 0 aliphatic carbocycles. The van der Waals surface area contributed by atoms with Crippen LogP contribution in [0.1, 0.15) is 5.01 Å². The van der Waals surface area contributed by atoms with E-state index >= 15 is 0 Å². The van der Waals surface area contributed by atoms with Gasteiger partial charge in [-0.25, -0.2) is 9.78 Å². The highest BCUT2D eigenvalue weighted by Gasteiger charge is 2.24. The van der Waals surface area contributed by atoms with Crippen LogP contribution in [0.4, 0.5) is 0 Å². The lowest BCUT2D eigenvalue weighted by Gasteiger charge is -2.04. The Morgan fingerprint density at radius 2 is 2.00 bits per heavy atom. The Bertz CT molecular complexity index is 1030. The van der Waals surface area contributed by atoms with Crippen LogP contribution in [-0.2, 0) is 9.53 Å². The van der Waals surface area contributed by atoms with Crippen molar-refractivity contribution in [2.45, 2.75) is 6.04 Å². The first-order valence-electron chi connectivity index (χ1n) is 8.31. The van der Waals surface area contributed by atoms with Gasteiger partial charge in [0.25, 0.3) is 0 Å². The molecule has 0 unspecified atom stereocenters. The Kier molecular flexibility index (Phi) is 5.22. The van der Waals surface area contributed by atoms with E-state index in [1.54, 1.807) is 23.1 Å². The number of thiazole rings is 1. The van der Waals surface area contributed by atoms with E-state index in [0.717, 1.165) is 31.8 Å². The molecule has 1 aliphatic heterocycles. The molecule has 1 aromatic heterocycles. The molecular formula is C20H16N2O3S2. The fraction of sp³-hybridized carbons (Fsp3) is 0.150. The number of ether oxygens (including phenoxy) is 2. The Hall–Kier alpha value is -2.64. The van der Waals surface area contributed by atoms with Crippen molar-refractivity contribution in [2.75, 3.05) is 12.9 Å². The molecule has 0 amide bonds. The Morgan fingerprint density at radius 3 is 2.81 bits per heavy atom. The number of benzene rings is 2. The average molecular weight is 396 g/mol. The number of carbonyl (C=O) groups is 1. The van der Waals surface area contributed by atoms with Gasteiger partial charge in [0.2, 0.25) is 0 Å². The lowest BCUT2D eigenvalue weighted by molar-refractivity contribution is -0.141. The van der Waals surface area contributed by atoms with Gasteiger partial charge in [-0.2, -0.15) is 0 Å². The maximum atomic E-state index is 11.5. The van der Waals surface area contributed by atoms with Gasteiger partial charge in [-0.1, -0.05) is 18.2 Å². The maximum Gasteiger partial charge on any atom is 0.331 e. The van der Waals surface area contributed by atoms with E-state index in [0.29, 0.717) is 5.75 Å². The van der Waals surface area contributed by atoms with Crippen LogP contribution in [0.3, 0.4) is 0 Å². The number of thioether (sulfide) groups is 1. The molecule has 0 radical (unpaired) electrons. The standard InChI is InChI=1S/C20H16N2O3S2/c1-24-20(23)16-12-26-18(22-16)9-10-19-21-15-8-7-14(11-17(15)27-19)25-13-5-3-2-4-6-13/h2-11,16H,12H2,1H3/t16-/m1/s1. The molecule has 0 saturated carbocycles. The zero-order valence-corrected chi connectivity index (χ0v) is 16.1. The predicted molar refractivity (Wildman–Crippen MR) is 111 cm³/mol. The molecule has 27 heavy (non-hydrogen) atoms. The summed E-state index contributed by atoms with van der Waals surface area (Å²) in [5.41, 5.74) is 0.925. The van der Waals surface area contributed by atoms with Crippen LogP contribution in [0.5, 0.6) is 11.5 Å². The fourth-order valence-corrected chi connectivity index (χ4v) is 4.37. The van der Waals surface area contributed by atoms with Gasteiger partial charge in [0, 0.05) is 11.8 Å². The molecule has 1 atom stereocenters. The number of para-hydroxylation sites is 1. The Morgan fingerprint density at radius 1 is 1.15 bits per heavy atom. The van der Waals surface area contributed by atoms with Crippen LogP contribution in [0.15, 0.2) is 59.6 Å². The molecule has 0 fully saturated rings. The third-order valence-corrected chi connectivity index (χ3v) is 5.87. The normalized spacial score (nSPS) is 16.6. The van der Waals surface area contributed by atoms with Crippen molar-refractivity contribution in [3.05, 3.63) is 59.6 Å². The second kappa shape index (κ2) is 7.94. The molecule has 0 saturated heterocycles. The van der Waals surface area contributed by atoms with E-state index in [-0.39, 0.29) is 5.97 Å². The van der Waals surface area contributed by atoms with Crippen molar-refractivity contribution >= 4 is 50.4 Å². The second-order valence-corrected chi connectivity index (χ2v) is 7.85. The van der Waals surface area contributed by atoms with Crippen molar-refractivity contribution in [3.8, 4) is 11.5 Å². The monoisotopic (exact) mass is 396 g/mol. The van der Waals surface area contributed by atoms with Gasteiger partial charge in [-0.3, -0.25) is 4.99 Å². The molecule has 0 N–H and O–H groups in total. The van der Waals surface area contributed by atoms with Crippen LogP contribution in [0, 0.1) is 0 Å². The number of hydrogen-bond acceptors (Lipinski definition) is 7. The van der Waals surface area contributed by atoms with E-state index in [9.17, 15) is 4.79 Å². The number of rotatable bonds is 5. The number of hydrogen-bond donors (Lipinski definition) is 0. The van der Waals surface area contributed by atoms with Gasteiger partial charge in [-0.15, -0.1) is 23.1 Å². The van der Waals surface area contributed by atoms with Gasteiger partial charge in [0.1, 0.15) is 16.5 Å². The highest BCUT2D eigenvalue weighted by molar-refractivity contribution is 8.14. The molecule has 7 heteroatoms. The van der Waals surface area contributed by atoms with Crippen LogP contribution in [-0.4, -0.2) is 34.9 Å². The Balaban J connectivity index is 1.49. The highest BCUT2D eigenvalue weighted by Crippen LogP contribution is 2.30. The lowest BCUT2D eigenvalue weighted by atomic mass is 10.3. The number of aromatic nitrogens is 1. The molecule has 0 bridgehead atoms. The van der Waals surface area contributed by atoms with E-state index in [1.807, 2.05) is 60.7 Å². The van der Waals surface area contributed by atoms with E-state index in [4.69, 9.17) is 9.47 Å². The quantitative estimate of drug-likeness (QED) is 0.581. The van der Waals surface area contributed by atoms with Crippen LogP contribution >= 0.6 is 23.1 Å². The molecule has 3 aromatic rings. The summed E-state index contributed by atoms with van der Waals surface area (Å²) < 4.78 is 11.7. The molecule has 0 spiro atoms. The minimum absolute atomic E-state index is 0.295. The van der Waals surface area contributed by atoms with E-state index < -0.39 is 6.04 Å². The van der Waals surface area contributed by atoms with E-state index in [1.165, 1.54) is 7.11 Å². The van der Waals surface area contributed by atoms with Crippen molar-refractivity contribution in [1.82, 2.24) is 4.98 Å². The molecule has 4 rings (SSSR count). The molecule has 136 valence electrons. The van der Waals surface area contributed by atoms with Crippen molar-refractivity contribution in [3.63, 3.8) is 0 Å². The SMILES string of the molecule is COC(=O)[C@H]1CSC(C=Cc2nc3ccc(Oc4ccccc4)cc3s2)=N1. The third-order valence-electron chi connectivity index (χ3n) is 3.87. The number of fused-ring (bicyclic) bond motifs is 1. The fourth-order valence-electron chi connectivity index (χ4n) is 2.57. The van der Waals surface area contributed by atoms with Gasteiger partial charge in [0.15, 0.2) is 6.04 Å². The predicted octanol–water partition coefficient (Wildman–Crippen LogP) is 4.79. The van der Waals surface area contributed by atoms with E-state index in [2.05, 4.69) is 9.98 Å². The number of nitrogens with zero attached hydrogens (tertiary/aromatic N) is 2. The Labute approximate surface area is 164 Å². The first-order chi connectivity index (χ1) is 13.2. The number of esters is 1.